The normalized spacial score (nSPS) is 24.7. The molecule has 1 N–H and O–H groups in total. The van der Waals surface area contributed by atoms with Gasteiger partial charge in [0.1, 0.15) is 6.04 Å². The molecule has 4 aromatic rings. The summed E-state index contributed by atoms with van der Waals surface area (Å²) in [5.41, 5.74) is 2.19. The van der Waals surface area contributed by atoms with Gasteiger partial charge in [-0.2, -0.15) is 0 Å². The third-order valence-electron chi connectivity index (χ3n) is 10.2. The fourth-order valence-electron chi connectivity index (χ4n) is 8.20. The SMILES string of the molecule is C=CCN(C(=O)C1N([C@H](CO)c2ccccc2)C(=O)[C@@H]2[C@@H](C(=O)N(CC=C)c3ccccc3)[C@H]3CCC12S3)c1ccc2ccccc2c1. The summed E-state index contributed by atoms with van der Waals surface area (Å²) in [6.45, 7) is 8.05. The van der Waals surface area contributed by atoms with Gasteiger partial charge in [0, 0.05) is 29.7 Å². The van der Waals surface area contributed by atoms with E-state index in [0.717, 1.165) is 22.0 Å². The van der Waals surface area contributed by atoms with Gasteiger partial charge in [0.05, 0.1) is 29.2 Å². The van der Waals surface area contributed by atoms with Crippen LogP contribution in [0.25, 0.3) is 10.8 Å². The average Bonchev–Trinajstić information content (AvgIpc) is 3.77. The molecule has 2 bridgehead atoms. The average molecular weight is 658 g/mol. The zero-order valence-electron chi connectivity index (χ0n) is 26.7. The zero-order chi connectivity index (χ0) is 33.4. The van der Waals surface area contributed by atoms with Crippen molar-refractivity contribution in [3.8, 4) is 0 Å². The van der Waals surface area contributed by atoms with Crippen molar-refractivity contribution in [3.63, 3.8) is 0 Å². The highest BCUT2D eigenvalue weighted by Gasteiger charge is 2.74. The van der Waals surface area contributed by atoms with Crippen LogP contribution in [-0.2, 0) is 14.4 Å². The number of thioether (sulfide) groups is 1. The molecule has 0 saturated carbocycles. The molecule has 1 spiro atoms. The Kier molecular flexibility index (Phi) is 8.71. The molecule has 6 atom stereocenters. The summed E-state index contributed by atoms with van der Waals surface area (Å²) in [6, 6.07) is 31.1. The Labute approximate surface area is 285 Å². The van der Waals surface area contributed by atoms with E-state index in [2.05, 4.69) is 13.2 Å². The fraction of sp³-hybridized carbons (Fsp3) is 0.275. The van der Waals surface area contributed by atoms with Crippen molar-refractivity contribution >= 4 is 51.6 Å². The topological polar surface area (TPSA) is 81.2 Å². The minimum atomic E-state index is -0.906. The molecule has 3 fully saturated rings. The van der Waals surface area contributed by atoms with E-state index in [0.29, 0.717) is 25.1 Å². The standard InChI is InChI=1S/C40H39N3O4S/c1-3-23-41(30-17-9-6-10-18-30)37(45)34-33-21-22-40(48-33)35(34)38(46)43(32(26-44)28-14-7-5-8-15-28)36(40)39(47)42(24-4-2)31-20-19-27-13-11-12-16-29(27)25-31/h3-20,25,32-36,44H,1-2,21-24,26H2/t32-,33-,34+,35+,36?,40?/m1/s1. The quantitative estimate of drug-likeness (QED) is 0.189. The number of nitrogens with zero attached hydrogens (tertiary/aromatic N) is 3. The molecular formula is C40H39N3O4S. The number of benzene rings is 4. The second-order valence-electron chi connectivity index (χ2n) is 12.8. The van der Waals surface area contributed by atoms with Crippen LogP contribution in [0.2, 0.25) is 0 Å². The van der Waals surface area contributed by atoms with Gasteiger partial charge in [-0.3, -0.25) is 14.4 Å². The highest BCUT2D eigenvalue weighted by molar-refractivity contribution is 8.02. The highest BCUT2D eigenvalue weighted by atomic mass is 32.2. The van der Waals surface area contributed by atoms with Gasteiger partial charge in [-0.25, -0.2) is 0 Å². The van der Waals surface area contributed by atoms with E-state index in [4.69, 9.17) is 0 Å². The number of amides is 3. The molecule has 3 amide bonds. The summed E-state index contributed by atoms with van der Waals surface area (Å²) in [4.78, 5) is 49.9. The number of fused-ring (bicyclic) bond motifs is 2. The van der Waals surface area contributed by atoms with Crippen LogP contribution >= 0.6 is 11.8 Å². The van der Waals surface area contributed by atoms with E-state index in [9.17, 15) is 9.90 Å². The number of hydrogen-bond donors (Lipinski definition) is 1. The number of hydrogen-bond acceptors (Lipinski definition) is 5. The molecule has 7 nitrogen and oxygen atoms in total. The van der Waals surface area contributed by atoms with Crippen molar-refractivity contribution < 1.29 is 19.5 Å². The maximum Gasteiger partial charge on any atom is 0.251 e. The highest BCUT2D eigenvalue weighted by Crippen LogP contribution is 2.67. The van der Waals surface area contributed by atoms with E-state index in [1.54, 1.807) is 38.6 Å². The minimum absolute atomic E-state index is 0.113. The van der Waals surface area contributed by atoms with Crippen LogP contribution in [0, 0.1) is 11.8 Å². The zero-order valence-corrected chi connectivity index (χ0v) is 27.5. The smallest absolute Gasteiger partial charge is 0.251 e. The first-order valence-electron chi connectivity index (χ1n) is 16.5. The number of aliphatic hydroxyl groups excluding tert-OH is 1. The molecule has 8 heteroatoms. The number of carbonyl (C=O) groups is 3. The lowest BCUT2D eigenvalue weighted by Gasteiger charge is -2.40. The van der Waals surface area contributed by atoms with Gasteiger partial charge in [0.15, 0.2) is 0 Å². The molecule has 3 heterocycles. The lowest BCUT2D eigenvalue weighted by Crippen LogP contribution is -2.56. The van der Waals surface area contributed by atoms with Gasteiger partial charge >= 0.3 is 0 Å². The van der Waals surface area contributed by atoms with Crippen molar-refractivity contribution in [1.29, 1.82) is 0 Å². The van der Waals surface area contributed by atoms with E-state index in [1.807, 2.05) is 103 Å². The van der Waals surface area contributed by atoms with Gasteiger partial charge < -0.3 is 19.8 Å². The number of anilines is 2. The van der Waals surface area contributed by atoms with Crippen molar-refractivity contribution in [2.24, 2.45) is 11.8 Å². The Morgan fingerprint density at radius 3 is 2.15 bits per heavy atom. The number of rotatable bonds is 11. The third-order valence-corrected chi connectivity index (χ3v) is 12.2. The summed E-state index contributed by atoms with van der Waals surface area (Å²) in [7, 11) is 0. The lowest BCUT2D eigenvalue weighted by molar-refractivity contribution is -0.142. The second kappa shape index (κ2) is 13.1. The molecule has 4 aromatic carbocycles. The number of likely N-dealkylation sites (tertiary alicyclic amines) is 1. The largest absolute Gasteiger partial charge is 0.394 e. The van der Waals surface area contributed by atoms with Gasteiger partial charge in [-0.15, -0.1) is 24.9 Å². The summed E-state index contributed by atoms with van der Waals surface area (Å²) in [5.74, 6) is -1.97. The van der Waals surface area contributed by atoms with Crippen LogP contribution in [0.3, 0.4) is 0 Å². The molecule has 3 aliphatic rings. The van der Waals surface area contributed by atoms with Crippen molar-refractivity contribution in [2.45, 2.75) is 34.9 Å². The molecule has 2 unspecified atom stereocenters. The Hall–Kier alpha value is -4.66. The van der Waals surface area contributed by atoms with Crippen molar-refractivity contribution in [2.75, 3.05) is 29.5 Å². The molecule has 3 aliphatic heterocycles. The summed E-state index contributed by atoms with van der Waals surface area (Å²) >= 11 is 1.63. The van der Waals surface area contributed by atoms with E-state index < -0.39 is 28.7 Å². The van der Waals surface area contributed by atoms with Crippen LogP contribution in [0.1, 0.15) is 24.4 Å². The van der Waals surface area contributed by atoms with Gasteiger partial charge in [0.2, 0.25) is 11.8 Å². The molecule has 48 heavy (non-hydrogen) atoms. The molecule has 3 saturated heterocycles. The van der Waals surface area contributed by atoms with Gasteiger partial charge in [0.25, 0.3) is 5.91 Å². The molecule has 0 aromatic heterocycles. The monoisotopic (exact) mass is 657 g/mol. The summed E-state index contributed by atoms with van der Waals surface area (Å²) in [6.07, 6.45) is 4.73. The Balaban J connectivity index is 1.35. The predicted octanol–water partition coefficient (Wildman–Crippen LogP) is 6.40. The number of para-hydroxylation sites is 1. The van der Waals surface area contributed by atoms with E-state index in [-0.39, 0.29) is 36.1 Å². The number of aliphatic hydroxyl groups is 1. The van der Waals surface area contributed by atoms with Gasteiger partial charge in [-0.05, 0) is 53.4 Å². The molecular weight excluding hydrogens is 619 g/mol. The lowest BCUT2D eigenvalue weighted by atomic mass is 9.70. The summed E-state index contributed by atoms with van der Waals surface area (Å²) in [5, 5.41) is 12.9. The van der Waals surface area contributed by atoms with E-state index >= 15 is 9.59 Å². The fourth-order valence-corrected chi connectivity index (χ4v) is 10.4. The minimum Gasteiger partial charge on any atom is -0.394 e. The first-order chi connectivity index (χ1) is 23.4. The van der Waals surface area contributed by atoms with Crippen molar-refractivity contribution in [3.05, 3.63) is 134 Å². The maximum atomic E-state index is 15.2. The third kappa shape index (κ3) is 5.15. The Bertz CT molecular complexity index is 1870. The van der Waals surface area contributed by atoms with Crippen molar-refractivity contribution in [1.82, 2.24) is 4.90 Å². The maximum absolute atomic E-state index is 15.2. The summed E-state index contributed by atoms with van der Waals surface area (Å²) < 4.78 is -0.839. The van der Waals surface area contributed by atoms with Crippen LogP contribution in [-0.4, -0.2) is 63.5 Å². The molecule has 0 aliphatic carbocycles. The molecule has 0 radical (unpaired) electrons. The van der Waals surface area contributed by atoms with Gasteiger partial charge in [-0.1, -0.05) is 91.0 Å². The first kappa shape index (κ1) is 31.9. The van der Waals surface area contributed by atoms with Crippen LogP contribution < -0.4 is 9.80 Å². The molecule has 7 rings (SSSR count). The van der Waals surface area contributed by atoms with Crippen LogP contribution in [0.5, 0.6) is 0 Å². The first-order valence-corrected chi connectivity index (χ1v) is 17.4. The van der Waals surface area contributed by atoms with E-state index in [1.165, 1.54) is 0 Å². The Morgan fingerprint density at radius 1 is 0.854 bits per heavy atom. The Morgan fingerprint density at radius 2 is 1.48 bits per heavy atom. The van der Waals surface area contributed by atoms with Crippen LogP contribution in [0.4, 0.5) is 11.4 Å². The molecule has 244 valence electrons. The number of carbonyl (C=O) groups excluding carboxylic acids is 3. The predicted molar refractivity (Wildman–Crippen MR) is 193 cm³/mol. The van der Waals surface area contributed by atoms with Crippen LogP contribution in [0.15, 0.2) is 128 Å². The second-order valence-corrected chi connectivity index (χ2v) is 14.4.